The van der Waals surface area contributed by atoms with Gasteiger partial charge in [0.1, 0.15) is 0 Å². The van der Waals surface area contributed by atoms with Crippen LogP contribution in [-0.4, -0.2) is 31.8 Å². The van der Waals surface area contributed by atoms with Crippen LogP contribution in [0.1, 0.15) is 47.0 Å². The molecule has 1 aliphatic rings. The quantitative estimate of drug-likeness (QED) is 0.702. The molecule has 1 heterocycles. The van der Waals surface area contributed by atoms with E-state index in [1.54, 1.807) is 0 Å². The van der Waals surface area contributed by atoms with E-state index in [0.29, 0.717) is 23.5 Å². The van der Waals surface area contributed by atoms with E-state index in [-0.39, 0.29) is 0 Å². The maximum atomic E-state index is 6.12. The average molecular weight is 242 g/mol. The molecule has 0 aromatic rings. The van der Waals surface area contributed by atoms with Crippen LogP contribution in [-0.2, 0) is 4.74 Å². The highest BCUT2D eigenvalue weighted by molar-refractivity contribution is 4.76. The minimum absolute atomic E-state index is 0.319. The van der Waals surface area contributed by atoms with E-state index in [9.17, 15) is 0 Å². The first-order valence-corrected chi connectivity index (χ1v) is 6.96. The first-order chi connectivity index (χ1) is 7.88. The van der Waals surface area contributed by atoms with Crippen LogP contribution in [0.5, 0.6) is 0 Å². The van der Waals surface area contributed by atoms with Gasteiger partial charge in [0.2, 0.25) is 0 Å². The highest BCUT2D eigenvalue weighted by Crippen LogP contribution is 2.21. The van der Waals surface area contributed by atoms with Gasteiger partial charge in [0.05, 0.1) is 6.10 Å². The largest absolute Gasteiger partial charge is 0.378 e. The van der Waals surface area contributed by atoms with Crippen molar-refractivity contribution >= 4 is 0 Å². The Hall–Kier alpha value is -0.120. The van der Waals surface area contributed by atoms with E-state index in [4.69, 9.17) is 10.5 Å². The van der Waals surface area contributed by atoms with Crippen molar-refractivity contribution in [2.24, 2.45) is 17.1 Å². The minimum atomic E-state index is 0.319. The number of hydrogen-bond acceptors (Lipinski definition) is 3. The molecule has 0 saturated carbocycles. The Balaban J connectivity index is 2.04. The lowest BCUT2D eigenvalue weighted by molar-refractivity contribution is 0.105. The summed E-state index contributed by atoms with van der Waals surface area (Å²) in [5, 5.41) is 3.51. The lowest BCUT2D eigenvalue weighted by Gasteiger charge is -2.23. The SMILES string of the molecule is CC1OCCC1CNCCC(N)CC(C)(C)C. The molecule has 3 N–H and O–H groups in total. The van der Waals surface area contributed by atoms with Crippen LogP contribution in [0.3, 0.4) is 0 Å². The minimum Gasteiger partial charge on any atom is -0.378 e. The van der Waals surface area contributed by atoms with Crippen molar-refractivity contribution < 1.29 is 4.74 Å². The van der Waals surface area contributed by atoms with Gasteiger partial charge >= 0.3 is 0 Å². The highest BCUT2D eigenvalue weighted by Gasteiger charge is 2.23. The Labute approximate surface area is 106 Å². The van der Waals surface area contributed by atoms with Crippen molar-refractivity contribution in [2.45, 2.75) is 59.1 Å². The van der Waals surface area contributed by atoms with Gasteiger partial charge in [-0.05, 0) is 44.1 Å². The van der Waals surface area contributed by atoms with Crippen LogP contribution >= 0.6 is 0 Å². The second kappa shape index (κ2) is 6.72. The zero-order valence-electron chi connectivity index (χ0n) is 12.0. The summed E-state index contributed by atoms with van der Waals surface area (Å²) in [4.78, 5) is 0. The van der Waals surface area contributed by atoms with Gasteiger partial charge in [-0.15, -0.1) is 0 Å². The number of nitrogens with one attached hydrogen (secondary N) is 1. The predicted molar refractivity (Wildman–Crippen MR) is 73.1 cm³/mol. The van der Waals surface area contributed by atoms with Gasteiger partial charge in [-0.2, -0.15) is 0 Å². The topological polar surface area (TPSA) is 47.3 Å². The molecule has 1 fully saturated rings. The Morgan fingerprint density at radius 2 is 2.12 bits per heavy atom. The molecule has 1 aliphatic heterocycles. The molecule has 0 amide bonds. The predicted octanol–water partition coefficient (Wildman–Crippen LogP) is 2.15. The lowest BCUT2D eigenvalue weighted by Crippen LogP contribution is -2.33. The first-order valence-electron chi connectivity index (χ1n) is 6.96. The van der Waals surface area contributed by atoms with Gasteiger partial charge < -0.3 is 15.8 Å². The zero-order valence-corrected chi connectivity index (χ0v) is 12.0. The van der Waals surface area contributed by atoms with Crippen molar-refractivity contribution in [3.8, 4) is 0 Å². The summed E-state index contributed by atoms with van der Waals surface area (Å²) in [6.07, 6.45) is 3.78. The Bertz CT molecular complexity index is 213. The first kappa shape index (κ1) is 14.9. The van der Waals surface area contributed by atoms with E-state index in [1.807, 2.05) is 0 Å². The molecular weight excluding hydrogens is 212 g/mol. The summed E-state index contributed by atoms with van der Waals surface area (Å²) < 4.78 is 5.54. The maximum Gasteiger partial charge on any atom is 0.0588 e. The van der Waals surface area contributed by atoms with Crippen LogP contribution in [0.2, 0.25) is 0 Å². The molecule has 0 bridgehead atoms. The average Bonchev–Trinajstić information content (AvgIpc) is 2.56. The summed E-state index contributed by atoms with van der Waals surface area (Å²) >= 11 is 0. The monoisotopic (exact) mass is 242 g/mol. The second-order valence-electron chi connectivity index (χ2n) is 6.64. The summed E-state index contributed by atoms with van der Waals surface area (Å²) in [6.45, 7) is 11.9. The highest BCUT2D eigenvalue weighted by atomic mass is 16.5. The Morgan fingerprint density at radius 3 is 2.65 bits per heavy atom. The summed E-state index contributed by atoms with van der Waals surface area (Å²) in [5.41, 5.74) is 6.46. The normalized spacial score (nSPS) is 27.4. The second-order valence-corrected chi connectivity index (χ2v) is 6.64. The van der Waals surface area contributed by atoms with Crippen molar-refractivity contribution in [1.82, 2.24) is 5.32 Å². The standard InChI is InChI=1S/C14H30N2O/c1-11-12(6-8-17-11)10-16-7-5-13(15)9-14(2,3)4/h11-13,16H,5-10,15H2,1-4H3. The van der Waals surface area contributed by atoms with Crippen molar-refractivity contribution in [2.75, 3.05) is 19.7 Å². The number of rotatable bonds is 6. The van der Waals surface area contributed by atoms with Gasteiger partial charge in [-0.1, -0.05) is 20.8 Å². The molecule has 17 heavy (non-hydrogen) atoms. The smallest absolute Gasteiger partial charge is 0.0588 e. The van der Waals surface area contributed by atoms with E-state index >= 15 is 0 Å². The fourth-order valence-electron chi connectivity index (χ4n) is 2.51. The summed E-state index contributed by atoms with van der Waals surface area (Å²) in [7, 11) is 0. The van der Waals surface area contributed by atoms with Gasteiger partial charge in [0.25, 0.3) is 0 Å². The fraction of sp³-hybridized carbons (Fsp3) is 1.00. The summed E-state index contributed by atoms with van der Waals surface area (Å²) in [5.74, 6) is 0.689. The Kier molecular flexibility index (Phi) is 5.90. The molecule has 0 aromatic heterocycles. The fourth-order valence-corrected chi connectivity index (χ4v) is 2.51. The number of hydrogen-bond donors (Lipinski definition) is 2. The molecule has 0 aromatic carbocycles. The van der Waals surface area contributed by atoms with Crippen molar-refractivity contribution in [1.29, 1.82) is 0 Å². The molecule has 3 unspecified atom stereocenters. The molecular formula is C14H30N2O. The van der Waals surface area contributed by atoms with Crippen LogP contribution in [0.15, 0.2) is 0 Å². The third kappa shape index (κ3) is 6.39. The van der Waals surface area contributed by atoms with Gasteiger partial charge in [-0.25, -0.2) is 0 Å². The molecule has 0 aliphatic carbocycles. The van der Waals surface area contributed by atoms with E-state index in [2.05, 4.69) is 33.0 Å². The summed E-state index contributed by atoms with van der Waals surface area (Å²) in [6, 6.07) is 0.319. The van der Waals surface area contributed by atoms with E-state index < -0.39 is 0 Å². The molecule has 3 nitrogen and oxygen atoms in total. The molecule has 1 saturated heterocycles. The van der Waals surface area contributed by atoms with Crippen LogP contribution in [0.4, 0.5) is 0 Å². The zero-order chi connectivity index (χ0) is 12.9. The maximum absolute atomic E-state index is 6.12. The molecule has 3 heteroatoms. The van der Waals surface area contributed by atoms with Crippen LogP contribution in [0.25, 0.3) is 0 Å². The molecule has 1 rings (SSSR count). The third-order valence-electron chi connectivity index (χ3n) is 3.51. The molecule has 0 radical (unpaired) electrons. The molecule has 102 valence electrons. The Morgan fingerprint density at radius 1 is 1.41 bits per heavy atom. The third-order valence-corrected chi connectivity index (χ3v) is 3.51. The lowest BCUT2D eigenvalue weighted by atomic mass is 9.87. The molecule has 3 atom stereocenters. The van der Waals surface area contributed by atoms with Gasteiger partial charge in [-0.3, -0.25) is 0 Å². The van der Waals surface area contributed by atoms with Gasteiger partial charge in [0.15, 0.2) is 0 Å². The van der Waals surface area contributed by atoms with Crippen LogP contribution < -0.4 is 11.1 Å². The number of nitrogens with two attached hydrogens (primary N) is 1. The van der Waals surface area contributed by atoms with E-state index in [1.165, 1.54) is 6.42 Å². The molecule has 0 spiro atoms. The van der Waals surface area contributed by atoms with Crippen molar-refractivity contribution in [3.05, 3.63) is 0 Å². The van der Waals surface area contributed by atoms with Gasteiger partial charge in [0, 0.05) is 19.2 Å². The van der Waals surface area contributed by atoms with E-state index in [0.717, 1.165) is 32.5 Å². The van der Waals surface area contributed by atoms with Crippen molar-refractivity contribution in [3.63, 3.8) is 0 Å². The van der Waals surface area contributed by atoms with Crippen LogP contribution in [0, 0.1) is 11.3 Å². The number of ether oxygens (including phenoxy) is 1.